The van der Waals surface area contributed by atoms with Crippen LogP contribution in [-0.4, -0.2) is 73.4 Å². The fraction of sp³-hybridized carbons (Fsp3) is 0.782. The van der Waals surface area contributed by atoms with Gasteiger partial charge in [-0.05, 0) is 89.9 Å². The van der Waals surface area contributed by atoms with Gasteiger partial charge in [-0.1, -0.05) is 342 Å². The van der Waals surface area contributed by atoms with Crippen molar-refractivity contribution in [2.45, 2.75) is 353 Å². The number of nitrogens with zero attached hydrogens (tertiary/aromatic N) is 1. The quantitative estimate of drug-likeness (QED) is 0.0243. The molecule has 0 saturated heterocycles. The van der Waals surface area contributed by atoms with Gasteiger partial charge in [-0.2, -0.15) is 0 Å². The standard InChI is InChI=1S/C78H143N2O6P/c1-6-8-10-12-14-16-18-20-22-24-26-28-30-32-34-36-38-40-42-44-46-48-50-52-54-56-58-60-62-64-66-68-70-72-78(82)79-76(75-86-87(83,84)85-74-73-80(3,4)5)77(81)71-69-67-65-63-61-59-57-55-53-51-49-47-45-43-41-39-37-35-33-31-29-27-25-23-21-19-17-15-13-11-9-7-2/h8,10,14,16,20,22,26,28,32,34,53,55,61,63,69,71,76-77,81H,6-7,9,11-13,15,17-19,21,23-25,27,29-31,33,35-52,54,56-60,62,64-68,70,72-75H2,1-5H3,(H-,79,82,83,84)/p+1/b10-8-,16-14-,22-20-,28-26-,34-32-,55-53+,63-61+,71-69+. The molecule has 0 aliphatic rings. The van der Waals surface area contributed by atoms with Gasteiger partial charge in [0.25, 0.3) is 0 Å². The first-order valence-electron chi connectivity index (χ1n) is 37.1. The highest BCUT2D eigenvalue weighted by Crippen LogP contribution is 2.43. The number of aliphatic hydroxyl groups excluding tert-OH is 1. The van der Waals surface area contributed by atoms with Crippen LogP contribution >= 0.6 is 7.82 Å². The zero-order chi connectivity index (χ0) is 63.4. The smallest absolute Gasteiger partial charge is 0.387 e. The van der Waals surface area contributed by atoms with E-state index in [1.165, 1.54) is 244 Å². The van der Waals surface area contributed by atoms with Gasteiger partial charge in [-0.3, -0.25) is 13.8 Å². The summed E-state index contributed by atoms with van der Waals surface area (Å²) in [6.45, 7) is 4.71. The first kappa shape index (κ1) is 84.4. The summed E-state index contributed by atoms with van der Waals surface area (Å²) in [5, 5.41) is 14.0. The van der Waals surface area contributed by atoms with E-state index in [1.807, 2.05) is 27.2 Å². The minimum absolute atomic E-state index is 0.0511. The highest BCUT2D eigenvalue weighted by molar-refractivity contribution is 7.47. The van der Waals surface area contributed by atoms with E-state index in [0.29, 0.717) is 17.4 Å². The number of phosphoric ester groups is 1. The number of nitrogens with one attached hydrogen (secondary N) is 1. The van der Waals surface area contributed by atoms with Crippen LogP contribution in [0.2, 0.25) is 0 Å². The second-order valence-corrected chi connectivity index (χ2v) is 27.7. The number of carbonyl (C=O) groups is 1. The van der Waals surface area contributed by atoms with Gasteiger partial charge in [0.05, 0.1) is 39.9 Å². The Morgan fingerprint density at radius 2 is 0.701 bits per heavy atom. The molecule has 87 heavy (non-hydrogen) atoms. The number of aliphatic hydroxyl groups is 1. The monoisotopic (exact) mass is 1240 g/mol. The number of carbonyl (C=O) groups excluding carboxylic acids is 1. The maximum Gasteiger partial charge on any atom is 0.472 e. The third-order valence-electron chi connectivity index (χ3n) is 16.5. The Hall–Kier alpha value is -2.58. The lowest BCUT2D eigenvalue weighted by Crippen LogP contribution is -2.45. The molecular formula is C78H144N2O6P+. The Balaban J connectivity index is 4.09. The number of likely N-dealkylation sites (N-methyl/N-ethyl adjacent to an activating group) is 1. The van der Waals surface area contributed by atoms with Crippen molar-refractivity contribution >= 4 is 13.7 Å². The Bertz CT molecular complexity index is 1740. The highest BCUT2D eigenvalue weighted by Gasteiger charge is 2.28. The average molecular weight is 1240 g/mol. The predicted octanol–water partition coefficient (Wildman–Crippen LogP) is 24.1. The number of phosphoric acid groups is 1. The van der Waals surface area contributed by atoms with Gasteiger partial charge < -0.3 is 19.8 Å². The van der Waals surface area contributed by atoms with Crippen LogP contribution in [0.15, 0.2) is 97.2 Å². The van der Waals surface area contributed by atoms with Crippen LogP contribution in [0.3, 0.4) is 0 Å². The van der Waals surface area contributed by atoms with E-state index < -0.39 is 20.0 Å². The number of quaternary nitrogens is 1. The second kappa shape index (κ2) is 67.8. The molecule has 0 bridgehead atoms. The van der Waals surface area contributed by atoms with Crippen molar-refractivity contribution in [3.63, 3.8) is 0 Å². The Labute approximate surface area is 540 Å². The molecule has 0 spiro atoms. The van der Waals surface area contributed by atoms with Crippen LogP contribution in [0, 0.1) is 0 Å². The summed E-state index contributed by atoms with van der Waals surface area (Å²) < 4.78 is 23.8. The molecule has 0 heterocycles. The lowest BCUT2D eigenvalue weighted by Gasteiger charge is -2.25. The van der Waals surface area contributed by atoms with Crippen molar-refractivity contribution in [1.82, 2.24) is 5.32 Å². The molecule has 0 aromatic heterocycles. The molecule has 0 aliphatic heterocycles. The summed E-state index contributed by atoms with van der Waals surface area (Å²) in [5.41, 5.74) is 0. The van der Waals surface area contributed by atoms with E-state index in [2.05, 4.69) is 104 Å². The minimum Gasteiger partial charge on any atom is -0.387 e. The van der Waals surface area contributed by atoms with Gasteiger partial charge in [-0.15, -0.1) is 0 Å². The van der Waals surface area contributed by atoms with Gasteiger partial charge in [0, 0.05) is 6.42 Å². The van der Waals surface area contributed by atoms with E-state index >= 15 is 0 Å². The number of hydrogen-bond donors (Lipinski definition) is 3. The average Bonchev–Trinajstić information content (AvgIpc) is 3.71. The normalized spacial score (nSPS) is 14.1. The summed E-state index contributed by atoms with van der Waals surface area (Å²) >= 11 is 0. The zero-order valence-electron chi connectivity index (χ0n) is 58.0. The molecule has 0 aliphatic carbocycles. The molecule has 0 radical (unpaired) electrons. The van der Waals surface area contributed by atoms with E-state index in [9.17, 15) is 19.4 Å². The zero-order valence-corrected chi connectivity index (χ0v) is 58.9. The molecule has 3 atom stereocenters. The molecule has 0 saturated carbocycles. The maximum atomic E-state index is 13.1. The third kappa shape index (κ3) is 70.7. The van der Waals surface area contributed by atoms with E-state index in [-0.39, 0.29) is 19.1 Å². The van der Waals surface area contributed by atoms with Gasteiger partial charge in [0.1, 0.15) is 13.2 Å². The summed E-state index contributed by atoms with van der Waals surface area (Å²) in [6.07, 6.45) is 98.7. The van der Waals surface area contributed by atoms with E-state index in [1.54, 1.807) is 6.08 Å². The first-order chi connectivity index (χ1) is 42.5. The van der Waals surface area contributed by atoms with Gasteiger partial charge in [0.15, 0.2) is 0 Å². The summed E-state index contributed by atoms with van der Waals surface area (Å²) in [4.78, 5) is 23.4. The van der Waals surface area contributed by atoms with Crippen molar-refractivity contribution in [3.8, 4) is 0 Å². The number of hydrogen-bond acceptors (Lipinski definition) is 5. The van der Waals surface area contributed by atoms with Gasteiger partial charge >= 0.3 is 7.82 Å². The van der Waals surface area contributed by atoms with Crippen molar-refractivity contribution in [2.24, 2.45) is 0 Å². The molecule has 9 heteroatoms. The van der Waals surface area contributed by atoms with Crippen LogP contribution in [-0.2, 0) is 18.4 Å². The van der Waals surface area contributed by atoms with Crippen LogP contribution in [0.5, 0.6) is 0 Å². The fourth-order valence-corrected chi connectivity index (χ4v) is 11.5. The highest BCUT2D eigenvalue weighted by atomic mass is 31.2. The molecule has 3 N–H and O–H groups in total. The molecule has 0 aromatic rings. The molecular weight excluding hydrogens is 1090 g/mol. The van der Waals surface area contributed by atoms with Crippen LogP contribution in [0.25, 0.3) is 0 Å². The Kier molecular flexibility index (Phi) is 65.8. The van der Waals surface area contributed by atoms with Crippen molar-refractivity contribution in [1.29, 1.82) is 0 Å². The third-order valence-corrected chi connectivity index (χ3v) is 17.5. The Morgan fingerprint density at radius 1 is 0.402 bits per heavy atom. The first-order valence-corrected chi connectivity index (χ1v) is 38.6. The lowest BCUT2D eigenvalue weighted by molar-refractivity contribution is -0.870. The maximum absolute atomic E-state index is 13.1. The van der Waals surface area contributed by atoms with Gasteiger partial charge in [0.2, 0.25) is 5.91 Å². The molecule has 1 amide bonds. The van der Waals surface area contributed by atoms with Gasteiger partial charge in [-0.25, -0.2) is 4.57 Å². The van der Waals surface area contributed by atoms with E-state index in [4.69, 9.17) is 9.05 Å². The topological polar surface area (TPSA) is 105 Å². The molecule has 506 valence electrons. The van der Waals surface area contributed by atoms with E-state index in [0.717, 1.165) is 77.0 Å². The second-order valence-electron chi connectivity index (χ2n) is 26.3. The van der Waals surface area contributed by atoms with Crippen LogP contribution < -0.4 is 5.32 Å². The summed E-state index contributed by atoms with van der Waals surface area (Å²) in [5.74, 6) is -0.189. The fourth-order valence-electron chi connectivity index (χ4n) is 10.8. The summed E-state index contributed by atoms with van der Waals surface area (Å²) in [7, 11) is 1.55. The molecule has 8 nitrogen and oxygen atoms in total. The van der Waals surface area contributed by atoms with Crippen molar-refractivity contribution in [3.05, 3.63) is 97.2 Å². The van der Waals surface area contributed by atoms with Crippen molar-refractivity contribution < 1.29 is 32.9 Å². The number of rotatable bonds is 68. The predicted molar refractivity (Wildman–Crippen MR) is 383 cm³/mol. The van der Waals surface area contributed by atoms with Crippen LogP contribution in [0.4, 0.5) is 0 Å². The molecule has 3 unspecified atom stereocenters. The largest absolute Gasteiger partial charge is 0.472 e. The van der Waals surface area contributed by atoms with Crippen molar-refractivity contribution in [2.75, 3.05) is 40.9 Å². The number of amides is 1. The van der Waals surface area contributed by atoms with Crippen LogP contribution in [0.1, 0.15) is 341 Å². The minimum atomic E-state index is -4.37. The SMILES string of the molecule is CC/C=C\C/C=C\C/C=C\C/C=C\C/C=C\CCCCCCCCCCCCCCCCCCCC(=O)NC(COP(=O)(O)OCC[N+](C)(C)C)C(O)/C=C/CC/C=C/CC/C=C/CCCCCCCCCCCCCCCCCCCCCCCC. The molecule has 0 rings (SSSR count). The summed E-state index contributed by atoms with van der Waals surface area (Å²) in [6, 6.07) is -0.876. The molecule has 0 fully saturated rings. The Morgan fingerprint density at radius 3 is 1.06 bits per heavy atom. The molecule has 0 aromatic carbocycles. The number of allylic oxidation sites excluding steroid dienone is 15. The lowest BCUT2D eigenvalue weighted by atomic mass is 10.0. The number of unbranched alkanes of at least 4 members (excludes halogenated alkanes) is 41.